The molecule has 0 aliphatic heterocycles. The molecular formula is C14H13N3O5S. The van der Waals surface area contributed by atoms with Crippen LogP contribution in [-0.2, 0) is 14.8 Å². The third-order valence-electron chi connectivity index (χ3n) is 2.69. The molecule has 0 spiro atoms. The second kappa shape index (κ2) is 6.44. The largest absolute Gasteiger partial charge is 0.477 e. The van der Waals surface area contributed by atoms with E-state index in [9.17, 15) is 18.0 Å². The Kier molecular flexibility index (Phi) is 4.60. The van der Waals surface area contributed by atoms with Gasteiger partial charge in [-0.25, -0.2) is 18.2 Å². The van der Waals surface area contributed by atoms with Gasteiger partial charge in [0.25, 0.3) is 10.0 Å². The lowest BCUT2D eigenvalue weighted by Gasteiger charge is -2.08. The van der Waals surface area contributed by atoms with Crippen LogP contribution in [0.3, 0.4) is 0 Å². The maximum atomic E-state index is 12.2. The quantitative estimate of drug-likeness (QED) is 0.761. The fourth-order valence-corrected chi connectivity index (χ4v) is 2.73. The van der Waals surface area contributed by atoms with Gasteiger partial charge in [0, 0.05) is 12.6 Å². The van der Waals surface area contributed by atoms with E-state index in [4.69, 9.17) is 5.11 Å². The molecule has 9 heteroatoms. The van der Waals surface area contributed by atoms with Crippen molar-refractivity contribution in [3.8, 4) is 0 Å². The summed E-state index contributed by atoms with van der Waals surface area (Å²) in [7, 11) is -3.92. The molecule has 0 bridgehead atoms. The number of benzene rings is 1. The average molecular weight is 335 g/mol. The van der Waals surface area contributed by atoms with Gasteiger partial charge in [-0.1, -0.05) is 6.07 Å². The molecule has 1 heterocycles. The lowest BCUT2D eigenvalue weighted by Crippen LogP contribution is -2.15. The molecule has 120 valence electrons. The predicted octanol–water partition coefficient (Wildman–Crippen LogP) is 1.54. The van der Waals surface area contributed by atoms with Crippen molar-refractivity contribution in [1.29, 1.82) is 0 Å². The predicted molar refractivity (Wildman–Crippen MR) is 82.8 cm³/mol. The summed E-state index contributed by atoms with van der Waals surface area (Å²) in [5.41, 5.74) is 0.189. The zero-order valence-electron chi connectivity index (χ0n) is 12.0. The fraction of sp³-hybridized carbons (Fsp3) is 0.0714. The first-order valence-electron chi connectivity index (χ1n) is 6.39. The number of hydrogen-bond donors (Lipinski definition) is 3. The number of amides is 1. The number of sulfonamides is 1. The van der Waals surface area contributed by atoms with E-state index in [0.29, 0.717) is 5.69 Å². The second-order valence-electron chi connectivity index (χ2n) is 4.52. The van der Waals surface area contributed by atoms with Crippen molar-refractivity contribution in [2.45, 2.75) is 11.8 Å². The summed E-state index contributed by atoms with van der Waals surface area (Å²) >= 11 is 0. The molecular weight excluding hydrogens is 322 g/mol. The van der Waals surface area contributed by atoms with Gasteiger partial charge in [0.2, 0.25) is 5.91 Å². The number of carbonyl (C=O) groups is 2. The van der Waals surface area contributed by atoms with Crippen molar-refractivity contribution in [2.75, 3.05) is 10.0 Å². The Morgan fingerprint density at radius 2 is 1.74 bits per heavy atom. The van der Waals surface area contributed by atoms with Crippen molar-refractivity contribution in [3.63, 3.8) is 0 Å². The van der Waals surface area contributed by atoms with E-state index < -0.39 is 16.0 Å². The van der Waals surface area contributed by atoms with E-state index in [2.05, 4.69) is 15.0 Å². The Hall–Kier alpha value is -2.94. The van der Waals surface area contributed by atoms with Crippen LogP contribution in [0.2, 0.25) is 0 Å². The van der Waals surface area contributed by atoms with E-state index in [-0.39, 0.29) is 22.3 Å². The minimum Gasteiger partial charge on any atom is -0.477 e. The van der Waals surface area contributed by atoms with Crippen LogP contribution in [0.15, 0.2) is 47.4 Å². The fourth-order valence-electron chi connectivity index (χ4n) is 1.73. The first kappa shape index (κ1) is 16.4. The molecule has 3 N–H and O–H groups in total. The summed E-state index contributed by atoms with van der Waals surface area (Å²) in [4.78, 5) is 25.4. The van der Waals surface area contributed by atoms with Crippen LogP contribution in [-0.4, -0.2) is 30.4 Å². The third kappa shape index (κ3) is 4.27. The normalized spacial score (nSPS) is 10.8. The topological polar surface area (TPSA) is 125 Å². The number of nitrogens with one attached hydrogen (secondary N) is 2. The molecule has 1 aromatic heterocycles. The van der Waals surface area contributed by atoms with Gasteiger partial charge < -0.3 is 10.4 Å². The Morgan fingerprint density at radius 1 is 1.09 bits per heavy atom. The number of carboxylic acids is 1. The molecule has 0 saturated carbocycles. The number of nitrogens with zero attached hydrogens (tertiary/aromatic N) is 1. The number of rotatable bonds is 5. The first-order valence-corrected chi connectivity index (χ1v) is 7.87. The molecule has 0 unspecified atom stereocenters. The number of carboxylic acid groups (broad SMARTS) is 1. The van der Waals surface area contributed by atoms with Crippen LogP contribution >= 0.6 is 0 Å². The van der Waals surface area contributed by atoms with Crippen LogP contribution < -0.4 is 10.0 Å². The van der Waals surface area contributed by atoms with Crippen LogP contribution in [0.1, 0.15) is 17.4 Å². The molecule has 0 saturated heterocycles. The van der Waals surface area contributed by atoms with Gasteiger partial charge in [-0.05, 0) is 36.4 Å². The monoisotopic (exact) mass is 335 g/mol. The van der Waals surface area contributed by atoms with E-state index in [1.165, 1.54) is 49.4 Å². The summed E-state index contributed by atoms with van der Waals surface area (Å²) < 4.78 is 26.7. The average Bonchev–Trinajstić information content (AvgIpc) is 2.47. The molecule has 2 rings (SSSR count). The number of aromatic nitrogens is 1. The van der Waals surface area contributed by atoms with Gasteiger partial charge in [-0.2, -0.15) is 0 Å². The summed E-state index contributed by atoms with van der Waals surface area (Å²) in [5, 5.41) is 11.4. The van der Waals surface area contributed by atoms with Crippen LogP contribution in [0.5, 0.6) is 0 Å². The van der Waals surface area contributed by atoms with Gasteiger partial charge in [-0.15, -0.1) is 0 Å². The minimum atomic E-state index is -3.92. The highest BCUT2D eigenvalue weighted by molar-refractivity contribution is 7.92. The van der Waals surface area contributed by atoms with Crippen LogP contribution in [0.4, 0.5) is 11.5 Å². The molecule has 1 amide bonds. The summed E-state index contributed by atoms with van der Waals surface area (Å²) in [6.45, 7) is 1.34. The Balaban J connectivity index is 2.23. The second-order valence-corrected chi connectivity index (χ2v) is 6.21. The lowest BCUT2D eigenvalue weighted by molar-refractivity contribution is -0.114. The van der Waals surface area contributed by atoms with Crippen LogP contribution in [0, 0.1) is 0 Å². The van der Waals surface area contributed by atoms with Crippen LogP contribution in [0.25, 0.3) is 0 Å². The molecule has 2 aromatic rings. The highest BCUT2D eigenvalue weighted by Gasteiger charge is 2.16. The summed E-state index contributed by atoms with van der Waals surface area (Å²) in [6.07, 6.45) is 0. The zero-order chi connectivity index (χ0) is 17.0. The van der Waals surface area contributed by atoms with E-state index in [1.807, 2.05) is 0 Å². The number of aromatic carboxylic acids is 1. The van der Waals surface area contributed by atoms with E-state index in [1.54, 1.807) is 0 Å². The smallest absolute Gasteiger partial charge is 0.354 e. The molecule has 8 nitrogen and oxygen atoms in total. The highest BCUT2D eigenvalue weighted by Crippen LogP contribution is 2.17. The van der Waals surface area contributed by atoms with Gasteiger partial charge in [0.1, 0.15) is 5.82 Å². The summed E-state index contributed by atoms with van der Waals surface area (Å²) in [5.74, 6) is -1.63. The molecule has 23 heavy (non-hydrogen) atoms. The summed E-state index contributed by atoms with van der Waals surface area (Å²) in [6, 6.07) is 9.49. The molecule has 0 fully saturated rings. The van der Waals surface area contributed by atoms with Gasteiger partial charge >= 0.3 is 5.97 Å². The standard InChI is InChI=1S/C14H13N3O5S/c1-9(18)15-10-5-7-11(8-6-10)23(21,22)17-13-4-2-3-12(16-13)14(19)20/h2-8H,1H3,(H,15,18)(H,16,17)(H,19,20). The maximum absolute atomic E-state index is 12.2. The molecule has 0 aliphatic carbocycles. The van der Waals surface area contributed by atoms with Crippen molar-refractivity contribution in [3.05, 3.63) is 48.2 Å². The number of pyridine rings is 1. The highest BCUT2D eigenvalue weighted by atomic mass is 32.2. The van der Waals surface area contributed by atoms with Gasteiger partial charge in [0.05, 0.1) is 4.90 Å². The van der Waals surface area contributed by atoms with Gasteiger partial charge in [-0.3, -0.25) is 9.52 Å². The molecule has 0 aliphatic rings. The van der Waals surface area contributed by atoms with Crippen molar-refractivity contribution in [1.82, 2.24) is 4.98 Å². The SMILES string of the molecule is CC(=O)Nc1ccc(S(=O)(=O)Nc2cccc(C(=O)O)n2)cc1. The third-order valence-corrected chi connectivity index (χ3v) is 4.06. The van der Waals surface area contributed by atoms with Gasteiger partial charge in [0.15, 0.2) is 5.69 Å². The number of hydrogen-bond acceptors (Lipinski definition) is 5. The Bertz CT molecular complexity index is 847. The Labute approximate surface area is 132 Å². The Morgan fingerprint density at radius 3 is 2.30 bits per heavy atom. The van der Waals surface area contributed by atoms with E-state index in [0.717, 1.165) is 0 Å². The minimum absolute atomic E-state index is 0.0471. The van der Waals surface area contributed by atoms with Crippen molar-refractivity contribution in [2.24, 2.45) is 0 Å². The maximum Gasteiger partial charge on any atom is 0.354 e. The molecule has 0 radical (unpaired) electrons. The lowest BCUT2D eigenvalue weighted by atomic mass is 10.3. The van der Waals surface area contributed by atoms with Crippen molar-refractivity contribution >= 4 is 33.4 Å². The van der Waals surface area contributed by atoms with Crippen molar-refractivity contribution < 1.29 is 23.1 Å². The molecule has 0 atom stereocenters. The van der Waals surface area contributed by atoms with E-state index >= 15 is 0 Å². The number of carbonyl (C=O) groups excluding carboxylic acids is 1. The first-order chi connectivity index (χ1) is 10.8. The number of anilines is 2. The zero-order valence-corrected chi connectivity index (χ0v) is 12.8. The molecule has 1 aromatic carbocycles.